The normalized spacial score (nSPS) is 11.6. The van der Waals surface area contributed by atoms with Crippen molar-refractivity contribution in [3.63, 3.8) is 0 Å². The lowest BCUT2D eigenvalue weighted by atomic mass is 10.0. The Hall–Kier alpha value is -1.38. The SMILES string of the molecule is Cc1cn2c(C)c(C(C)C)cc(F)c2n1. The van der Waals surface area contributed by atoms with Gasteiger partial charge in [-0.1, -0.05) is 13.8 Å². The van der Waals surface area contributed by atoms with E-state index in [1.54, 1.807) is 6.07 Å². The first-order valence-corrected chi connectivity index (χ1v) is 5.15. The number of rotatable bonds is 1. The summed E-state index contributed by atoms with van der Waals surface area (Å²) < 4.78 is 15.6. The van der Waals surface area contributed by atoms with Crippen LogP contribution < -0.4 is 0 Å². The van der Waals surface area contributed by atoms with Crippen LogP contribution in [0, 0.1) is 19.7 Å². The van der Waals surface area contributed by atoms with E-state index in [9.17, 15) is 4.39 Å². The first-order valence-electron chi connectivity index (χ1n) is 5.15. The fourth-order valence-corrected chi connectivity index (χ4v) is 1.95. The number of hydrogen-bond acceptors (Lipinski definition) is 1. The predicted molar refractivity (Wildman–Crippen MR) is 58.7 cm³/mol. The zero-order valence-electron chi connectivity index (χ0n) is 9.50. The Morgan fingerprint density at radius 2 is 2.00 bits per heavy atom. The van der Waals surface area contributed by atoms with E-state index in [4.69, 9.17) is 0 Å². The van der Waals surface area contributed by atoms with Gasteiger partial charge >= 0.3 is 0 Å². The van der Waals surface area contributed by atoms with Gasteiger partial charge in [-0.25, -0.2) is 9.37 Å². The molecule has 0 saturated heterocycles. The van der Waals surface area contributed by atoms with E-state index in [1.165, 1.54) is 0 Å². The third-order valence-corrected chi connectivity index (χ3v) is 2.72. The average Bonchev–Trinajstić information content (AvgIpc) is 2.53. The van der Waals surface area contributed by atoms with E-state index in [-0.39, 0.29) is 5.82 Å². The predicted octanol–water partition coefficient (Wildman–Crippen LogP) is 3.21. The highest BCUT2D eigenvalue weighted by atomic mass is 19.1. The number of hydrogen-bond donors (Lipinski definition) is 0. The van der Waals surface area contributed by atoms with Gasteiger partial charge < -0.3 is 4.40 Å². The van der Waals surface area contributed by atoms with Gasteiger partial charge in [-0.2, -0.15) is 0 Å². The van der Waals surface area contributed by atoms with Crippen molar-refractivity contribution >= 4 is 5.65 Å². The molecule has 0 radical (unpaired) electrons. The van der Waals surface area contributed by atoms with Crippen molar-refractivity contribution in [3.05, 3.63) is 35.0 Å². The van der Waals surface area contributed by atoms with E-state index in [0.29, 0.717) is 11.6 Å². The highest BCUT2D eigenvalue weighted by Gasteiger charge is 2.12. The molecule has 0 N–H and O–H groups in total. The molecule has 0 aliphatic heterocycles. The smallest absolute Gasteiger partial charge is 0.173 e. The minimum absolute atomic E-state index is 0.239. The van der Waals surface area contributed by atoms with Crippen LogP contribution in [0.2, 0.25) is 0 Å². The maximum atomic E-state index is 13.7. The standard InChI is InChI=1S/C12H15FN2/c1-7(2)10-5-11(13)12-14-8(3)6-15(12)9(10)4/h5-7H,1-4H3. The molecule has 0 unspecified atom stereocenters. The summed E-state index contributed by atoms with van der Waals surface area (Å²) in [5.74, 6) is 0.0870. The third-order valence-electron chi connectivity index (χ3n) is 2.72. The summed E-state index contributed by atoms with van der Waals surface area (Å²) in [6.45, 7) is 8.01. The minimum Gasteiger partial charge on any atom is -0.301 e. The molecule has 2 heterocycles. The highest BCUT2D eigenvalue weighted by molar-refractivity contribution is 5.46. The molecular formula is C12H15FN2. The van der Waals surface area contributed by atoms with Gasteiger partial charge in [0.1, 0.15) is 0 Å². The van der Waals surface area contributed by atoms with Crippen LogP contribution in [0.25, 0.3) is 5.65 Å². The number of halogens is 1. The molecule has 15 heavy (non-hydrogen) atoms. The van der Waals surface area contributed by atoms with E-state index in [0.717, 1.165) is 17.0 Å². The number of nitrogens with zero attached hydrogens (tertiary/aromatic N) is 2. The fourth-order valence-electron chi connectivity index (χ4n) is 1.95. The summed E-state index contributed by atoms with van der Waals surface area (Å²) in [5.41, 5.74) is 3.38. The summed E-state index contributed by atoms with van der Waals surface area (Å²) in [6, 6.07) is 1.60. The van der Waals surface area contributed by atoms with Gasteiger partial charge in [0.2, 0.25) is 0 Å². The summed E-state index contributed by atoms with van der Waals surface area (Å²) in [5, 5.41) is 0. The lowest BCUT2D eigenvalue weighted by Crippen LogP contribution is -2.01. The first kappa shape index (κ1) is 10.1. The van der Waals surface area contributed by atoms with Crippen LogP contribution in [0.4, 0.5) is 4.39 Å². The Kier molecular flexibility index (Phi) is 2.25. The van der Waals surface area contributed by atoms with Gasteiger partial charge in [0, 0.05) is 11.9 Å². The van der Waals surface area contributed by atoms with Gasteiger partial charge in [0.05, 0.1) is 5.69 Å². The second-order valence-electron chi connectivity index (χ2n) is 4.26. The molecule has 2 nitrogen and oxygen atoms in total. The maximum Gasteiger partial charge on any atom is 0.173 e. The van der Waals surface area contributed by atoms with Crippen molar-refractivity contribution < 1.29 is 4.39 Å². The molecule has 0 bridgehead atoms. The molecule has 0 amide bonds. The number of imidazole rings is 1. The van der Waals surface area contributed by atoms with Gasteiger partial charge in [-0.15, -0.1) is 0 Å². The zero-order valence-corrected chi connectivity index (χ0v) is 9.50. The Bertz CT molecular complexity index is 512. The largest absolute Gasteiger partial charge is 0.301 e. The molecule has 0 spiro atoms. The molecule has 0 atom stereocenters. The number of fused-ring (bicyclic) bond motifs is 1. The summed E-state index contributed by atoms with van der Waals surface area (Å²) in [6.07, 6.45) is 1.87. The van der Waals surface area contributed by atoms with Gasteiger partial charge in [-0.3, -0.25) is 0 Å². The number of aryl methyl sites for hydroxylation is 2. The molecule has 2 aromatic heterocycles. The Morgan fingerprint density at radius 3 is 2.60 bits per heavy atom. The number of pyridine rings is 1. The summed E-state index contributed by atoms with van der Waals surface area (Å²) in [7, 11) is 0. The molecule has 0 saturated carbocycles. The van der Waals surface area contributed by atoms with E-state index < -0.39 is 0 Å². The Labute approximate surface area is 88.8 Å². The van der Waals surface area contributed by atoms with Crippen LogP contribution in [0.3, 0.4) is 0 Å². The van der Waals surface area contributed by atoms with Crippen molar-refractivity contribution in [2.24, 2.45) is 0 Å². The molecule has 0 aliphatic rings. The monoisotopic (exact) mass is 206 g/mol. The van der Waals surface area contributed by atoms with Crippen LogP contribution in [-0.4, -0.2) is 9.38 Å². The summed E-state index contributed by atoms with van der Waals surface area (Å²) >= 11 is 0. The van der Waals surface area contributed by atoms with Crippen LogP contribution >= 0.6 is 0 Å². The van der Waals surface area contributed by atoms with Crippen LogP contribution in [0.1, 0.15) is 36.7 Å². The highest BCUT2D eigenvalue weighted by Crippen LogP contribution is 2.23. The summed E-state index contributed by atoms with van der Waals surface area (Å²) in [4.78, 5) is 4.16. The van der Waals surface area contributed by atoms with E-state index >= 15 is 0 Å². The topological polar surface area (TPSA) is 17.3 Å². The molecule has 80 valence electrons. The van der Waals surface area contributed by atoms with E-state index in [1.807, 2.05) is 24.4 Å². The van der Waals surface area contributed by atoms with Crippen molar-refractivity contribution in [1.82, 2.24) is 9.38 Å². The lowest BCUT2D eigenvalue weighted by Gasteiger charge is -2.11. The van der Waals surface area contributed by atoms with Crippen molar-refractivity contribution in [2.45, 2.75) is 33.6 Å². The Balaban J connectivity index is 2.83. The molecule has 0 fully saturated rings. The van der Waals surface area contributed by atoms with E-state index in [2.05, 4.69) is 18.8 Å². The minimum atomic E-state index is -0.239. The van der Waals surface area contributed by atoms with Gasteiger partial charge in [0.15, 0.2) is 11.5 Å². The van der Waals surface area contributed by atoms with Crippen molar-refractivity contribution in [3.8, 4) is 0 Å². The number of aromatic nitrogens is 2. The van der Waals surface area contributed by atoms with Gasteiger partial charge in [-0.05, 0) is 31.4 Å². The second-order valence-corrected chi connectivity index (χ2v) is 4.26. The molecule has 3 heteroatoms. The first-order chi connectivity index (χ1) is 7.00. The van der Waals surface area contributed by atoms with Gasteiger partial charge in [0.25, 0.3) is 0 Å². The second kappa shape index (κ2) is 3.33. The van der Waals surface area contributed by atoms with Crippen molar-refractivity contribution in [2.75, 3.05) is 0 Å². The fraction of sp³-hybridized carbons (Fsp3) is 0.417. The zero-order chi connectivity index (χ0) is 11.2. The average molecular weight is 206 g/mol. The molecule has 2 rings (SSSR count). The molecule has 0 aliphatic carbocycles. The maximum absolute atomic E-state index is 13.7. The third kappa shape index (κ3) is 1.52. The lowest BCUT2D eigenvalue weighted by molar-refractivity contribution is 0.622. The molecule has 0 aromatic carbocycles. The molecular weight excluding hydrogens is 191 g/mol. The molecule has 2 aromatic rings. The van der Waals surface area contributed by atoms with Crippen LogP contribution in [0.5, 0.6) is 0 Å². The van der Waals surface area contributed by atoms with Crippen LogP contribution in [-0.2, 0) is 0 Å². The Morgan fingerprint density at radius 1 is 1.33 bits per heavy atom. The van der Waals surface area contributed by atoms with Crippen LogP contribution in [0.15, 0.2) is 12.3 Å². The quantitative estimate of drug-likeness (QED) is 0.700. The van der Waals surface area contributed by atoms with Crippen molar-refractivity contribution in [1.29, 1.82) is 0 Å².